The van der Waals surface area contributed by atoms with Crippen LogP contribution in [0, 0.1) is 0 Å². The molecule has 0 aliphatic carbocycles. The smallest absolute Gasteiger partial charge is 0.306 e. The highest BCUT2D eigenvalue weighted by Gasteiger charge is 2.18. The van der Waals surface area contributed by atoms with Gasteiger partial charge in [0.15, 0.2) is 6.10 Å². The van der Waals surface area contributed by atoms with Gasteiger partial charge in [-0.05, 0) is 44.9 Å². The molecule has 0 spiro atoms. The summed E-state index contributed by atoms with van der Waals surface area (Å²) in [5.41, 5.74) is 0. The molecule has 0 heterocycles. The minimum atomic E-state index is -0.532. The maximum absolute atomic E-state index is 12.9. The maximum Gasteiger partial charge on any atom is 0.306 e. The van der Waals surface area contributed by atoms with Gasteiger partial charge in [-0.15, -0.1) is 0 Å². The Kier molecular flexibility index (Phi) is 58.7. The molecule has 0 saturated heterocycles. The second-order valence-electron chi connectivity index (χ2n) is 21.3. The Morgan fingerprint density at radius 1 is 0.309 bits per heavy atom. The first kappa shape index (κ1) is 66.6. The molecule has 0 aromatic heterocycles. The van der Waals surface area contributed by atoms with Crippen LogP contribution in [0.5, 0.6) is 0 Å². The number of allylic oxidation sites excluding steroid dienone is 2. The third kappa shape index (κ3) is 57.2. The van der Waals surface area contributed by atoms with Crippen molar-refractivity contribution in [2.75, 3.05) is 19.8 Å². The maximum atomic E-state index is 12.9. The van der Waals surface area contributed by atoms with Gasteiger partial charge in [0.1, 0.15) is 6.61 Å². The topological polar surface area (TPSA) is 61.8 Å². The van der Waals surface area contributed by atoms with E-state index in [0.717, 1.165) is 44.9 Å². The first-order chi connectivity index (χ1) is 33.6. The summed E-state index contributed by atoms with van der Waals surface area (Å²) in [5.74, 6) is -0.377. The first-order valence-corrected chi connectivity index (χ1v) is 31.2. The molecule has 0 N–H and O–H groups in total. The fourth-order valence-electron chi connectivity index (χ4n) is 9.63. The molecule has 0 saturated carbocycles. The molecule has 0 bridgehead atoms. The Balaban J connectivity index is 4.19. The molecule has 404 valence electrons. The summed E-state index contributed by atoms with van der Waals surface area (Å²) in [6.07, 6.45) is 71.0. The number of unbranched alkanes of at least 4 members (excludes halogenated alkanes) is 46. The lowest BCUT2D eigenvalue weighted by Gasteiger charge is -2.18. The molecule has 0 aliphatic heterocycles. The van der Waals surface area contributed by atoms with E-state index in [4.69, 9.17) is 14.2 Å². The van der Waals surface area contributed by atoms with E-state index in [9.17, 15) is 9.59 Å². The molecule has 0 radical (unpaired) electrons. The van der Waals surface area contributed by atoms with Gasteiger partial charge >= 0.3 is 11.9 Å². The van der Waals surface area contributed by atoms with Crippen LogP contribution < -0.4 is 0 Å². The van der Waals surface area contributed by atoms with Gasteiger partial charge in [0.05, 0.1) is 6.61 Å². The van der Waals surface area contributed by atoms with Crippen LogP contribution in [0.25, 0.3) is 0 Å². The largest absolute Gasteiger partial charge is 0.462 e. The first-order valence-electron chi connectivity index (χ1n) is 31.2. The van der Waals surface area contributed by atoms with Crippen LogP contribution in [0.3, 0.4) is 0 Å². The highest BCUT2D eigenvalue weighted by molar-refractivity contribution is 5.70. The zero-order valence-electron chi connectivity index (χ0n) is 46.7. The molecule has 0 rings (SSSR count). The highest BCUT2D eigenvalue weighted by Crippen LogP contribution is 2.18. The second kappa shape index (κ2) is 59.9. The van der Waals surface area contributed by atoms with Crippen molar-refractivity contribution in [1.29, 1.82) is 0 Å². The summed E-state index contributed by atoms with van der Waals surface area (Å²) in [4.78, 5) is 25.6. The number of carbonyl (C=O) groups excluding carboxylic acids is 2. The van der Waals surface area contributed by atoms with Gasteiger partial charge in [-0.1, -0.05) is 309 Å². The lowest BCUT2D eigenvalue weighted by molar-refractivity contribution is -0.163. The van der Waals surface area contributed by atoms with E-state index in [-0.39, 0.29) is 18.5 Å². The molecule has 68 heavy (non-hydrogen) atoms. The fourth-order valence-corrected chi connectivity index (χ4v) is 9.63. The molecule has 0 aromatic rings. The van der Waals surface area contributed by atoms with Crippen molar-refractivity contribution in [1.82, 2.24) is 0 Å². The molecule has 0 aromatic carbocycles. The lowest BCUT2D eigenvalue weighted by atomic mass is 10.0. The standard InChI is InChI=1S/C63H122O5/c1-4-7-10-13-16-19-22-25-28-30-32-33-36-38-41-44-47-50-53-56-62(64)67-60-61(68-63(65)57-54-51-48-45-42-39-35-27-24-21-18-15-12-9-6-3)59-66-58-55-52-49-46-43-40-37-34-31-29-26-23-20-17-14-11-8-5-2/h27,35,61H,4-26,28-34,36-60H2,1-3H3/b35-27-. The zero-order valence-corrected chi connectivity index (χ0v) is 46.7. The Morgan fingerprint density at radius 2 is 0.574 bits per heavy atom. The minimum absolute atomic E-state index is 0.0925. The van der Waals surface area contributed by atoms with Crippen molar-refractivity contribution in [3.63, 3.8) is 0 Å². The number of esters is 2. The normalized spacial score (nSPS) is 12.1. The number of carbonyl (C=O) groups is 2. The van der Waals surface area contributed by atoms with Gasteiger partial charge in [0, 0.05) is 19.4 Å². The van der Waals surface area contributed by atoms with Gasteiger partial charge in [0.25, 0.3) is 0 Å². The summed E-state index contributed by atoms with van der Waals surface area (Å²) < 4.78 is 17.5. The van der Waals surface area contributed by atoms with E-state index in [2.05, 4.69) is 32.9 Å². The van der Waals surface area contributed by atoms with Gasteiger partial charge in [0.2, 0.25) is 0 Å². The Morgan fingerprint density at radius 3 is 0.897 bits per heavy atom. The molecule has 0 fully saturated rings. The molecule has 5 heteroatoms. The van der Waals surface area contributed by atoms with E-state index in [0.29, 0.717) is 26.1 Å². The van der Waals surface area contributed by atoms with E-state index in [1.807, 2.05) is 0 Å². The Labute approximate surface area is 426 Å². The quantitative estimate of drug-likeness (QED) is 0.0345. The van der Waals surface area contributed by atoms with Crippen molar-refractivity contribution in [3.8, 4) is 0 Å². The van der Waals surface area contributed by atoms with Gasteiger partial charge in [-0.3, -0.25) is 9.59 Å². The molecule has 1 unspecified atom stereocenters. The van der Waals surface area contributed by atoms with E-state index in [1.54, 1.807) is 0 Å². The number of rotatable bonds is 59. The van der Waals surface area contributed by atoms with E-state index in [1.165, 1.54) is 276 Å². The SMILES string of the molecule is CCCCCCCC/C=C\CCCCCCCC(=O)OC(COCCCCCCCCCCCCCCCCCCCC)COC(=O)CCCCCCCCCCCCCCCCCCCCC. The summed E-state index contributed by atoms with van der Waals surface area (Å²) in [6.45, 7) is 7.91. The van der Waals surface area contributed by atoms with E-state index >= 15 is 0 Å². The minimum Gasteiger partial charge on any atom is -0.462 e. The summed E-state index contributed by atoms with van der Waals surface area (Å²) in [6, 6.07) is 0. The lowest BCUT2D eigenvalue weighted by Crippen LogP contribution is -2.30. The van der Waals surface area contributed by atoms with Crippen LogP contribution in [0.15, 0.2) is 12.2 Å². The third-order valence-electron chi connectivity index (χ3n) is 14.3. The monoisotopic (exact) mass is 959 g/mol. The number of hydrogen-bond acceptors (Lipinski definition) is 5. The number of ether oxygens (including phenoxy) is 3. The van der Waals surface area contributed by atoms with Crippen molar-refractivity contribution >= 4 is 11.9 Å². The van der Waals surface area contributed by atoms with Gasteiger partial charge in [-0.25, -0.2) is 0 Å². The van der Waals surface area contributed by atoms with Gasteiger partial charge in [-0.2, -0.15) is 0 Å². The molecule has 1 atom stereocenters. The highest BCUT2D eigenvalue weighted by atomic mass is 16.6. The molecule has 0 amide bonds. The average molecular weight is 960 g/mol. The van der Waals surface area contributed by atoms with Crippen LogP contribution in [0.4, 0.5) is 0 Å². The summed E-state index contributed by atoms with van der Waals surface area (Å²) in [7, 11) is 0. The van der Waals surface area contributed by atoms with Crippen LogP contribution in [0.2, 0.25) is 0 Å². The van der Waals surface area contributed by atoms with Crippen molar-refractivity contribution in [2.45, 2.75) is 361 Å². The van der Waals surface area contributed by atoms with Gasteiger partial charge < -0.3 is 14.2 Å². The molecular weight excluding hydrogens is 837 g/mol. The van der Waals surface area contributed by atoms with Crippen LogP contribution in [-0.4, -0.2) is 37.9 Å². The van der Waals surface area contributed by atoms with Crippen LogP contribution >= 0.6 is 0 Å². The Bertz CT molecular complexity index is 994. The second-order valence-corrected chi connectivity index (χ2v) is 21.3. The fraction of sp³-hybridized carbons (Fsp3) is 0.937. The average Bonchev–Trinajstić information content (AvgIpc) is 3.34. The zero-order chi connectivity index (χ0) is 49.2. The third-order valence-corrected chi connectivity index (χ3v) is 14.3. The molecule has 0 aliphatic rings. The van der Waals surface area contributed by atoms with Crippen LogP contribution in [-0.2, 0) is 23.8 Å². The van der Waals surface area contributed by atoms with Crippen LogP contribution in [0.1, 0.15) is 355 Å². The molecule has 5 nitrogen and oxygen atoms in total. The van der Waals surface area contributed by atoms with Crippen molar-refractivity contribution in [2.24, 2.45) is 0 Å². The Hall–Kier alpha value is -1.36. The predicted molar refractivity (Wildman–Crippen MR) is 298 cm³/mol. The molecular formula is C63H122O5. The summed E-state index contributed by atoms with van der Waals surface area (Å²) >= 11 is 0. The summed E-state index contributed by atoms with van der Waals surface area (Å²) in [5, 5.41) is 0. The van der Waals surface area contributed by atoms with Crippen molar-refractivity contribution < 1.29 is 23.8 Å². The van der Waals surface area contributed by atoms with E-state index < -0.39 is 6.10 Å². The van der Waals surface area contributed by atoms with Crippen molar-refractivity contribution in [3.05, 3.63) is 12.2 Å². The number of hydrogen-bond donors (Lipinski definition) is 0. The predicted octanol–water partition coefficient (Wildman–Crippen LogP) is 21.4.